The van der Waals surface area contributed by atoms with E-state index in [-0.39, 0.29) is 28.9 Å². The Labute approximate surface area is 165 Å². The van der Waals surface area contributed by atoms with Crippen molar-refractivity contribution in [2.75, 3.05) is 17.7 Å². The van der Waals surface area contributed by atoms with Crippen molar-refractivity contribution in [1.29, 1.82) is 0 Å². The number of aromatic nitrogens is 1. The highest BCUT2D eigenvalue weighted by molar-refractivity contribution is 5.96. The zero-order chi connectivity index (χ0) is 20.9. The fraction of sp³-hybridized carbons (Fsp3) is 0.455. The topological polar surface area (TPSA) is 99.4 Å². The fourth-order valence-corrected chi connectivity index (χ4v) is 4.12. The molecule has 6 heteroatoms. The number of carboxylic acid groups (broad SMARTS) is 1. The second-order valence-electron chi connectivity index (χ2n) is 9.03. The van der Waals surface area contributed by atoms with E-state index in [2.05, 4.69) is 38.7 Å². The molecule has 0 saturated heterocycles. The summed E-state index contributed by atoms with van der Waals surface area (Å²) in [6.07, 6.45) is 3.84. The minimum Gasteiger partial charge on any atom is -0.477 e. The number of amides is 1. The van der Waals surface area contributed by atoms with Crippen molar-refractivity contribution >= 4 is 23.3 Å². The summed E-state index contributed by atoms with van der Waals surface area (Å²) < 4.78 is 0. The number of nitrogens with two attached hydrogens (primary N) is 1. The van der Waals surface area contributed by atoms with Crippen molar-refractivity contribution < 1.29 is 14.7 Å². The van der Waals surface area contributed by atoms with Crippen LogP contribution in [0.4, 0.5) is 11.4 Å². The number of rotatable bonds is 4. The molecule has 0 spiro atoms. The Kier molecular flexibility index (Phi) is 4.77. The number of aromatic amines is 1. The molecule has 28 heavy (non-hydrogen) atoms. The lowest BCUT2D eigenvalue weighted by molar-refractivity contribution is -0.117. The van der Waals surface area contributed by atoms with Crippen LogP contribution in [-0.4, -0.2) is 29.0 Å². The highest BCUT2D eigenvalue weighted by Crippen LogP contribution is 2.48. The first-order chi connectivity index (χ1) is 12.9. The number of hydrogen-bond acceptors (Lipinski definition) is 3. The van der Waals surface area contributed by atoms with Crippen LogP contribution in [0.15, 0.2) is 24.4 Å². The van der Waals surface area contributed by atoms with E-state index in [1.807, 2.05) is 6.07 Å². The summed E-state index contributed by atoms with van der Waals surface area (Å²) in [5.74, 6) is -1.20. The van der Waals surface area contributed by atoms with Gasteiger partial charge in [0.25, 0.3) is 0 Å². The molecule has 4 N–H and O–H groups in total. The number of likely N-dealkylation sites (N-methyl/N-ethyl adjacent to an activating group) is 1. The molecule has 1 aromatic carbocycles. The summed E-state index contributed by atoms with van der Waals surface area (Å²) in [4.78, 5) is 28.0. The normalized spacial score (nSPS) is 17.0. The van der Waals surface area contributed by atoms with Crippen LogP contribution in [-0.2, 0) is 22.0 Å². The van der Waals surface area contributed by atoms with Crippen molar-refractivity contribution in [2.24, 2.45) is 0 Å². The van der Waals surface area contributed by atoms with Gasteiger partial charge >= 0.3 is 5.97 Å². The lowest BCUT2D eigenvalue weighted by Gasteiger charge is -2.43. The quantitative estimate of drug-likeness (QED) is 0.698. The minimum atomic E-state index is -1.06. The number of nitrogen functional groups attached to an aromatic ring is 1. The van der Waals surface area contributed by atoms with Crippen LogP contribution < -0.4 is 10.6 Å². The van der Waals surface area contributed by atoms with Gasteiger partial charge < -0.3 is 20.7 Å². The molecule has 1 aromatic heterocycles. The summed E-state index contributed by atoms with van der Waals surface area (Å²) in [7, 11) is 1.64. The molecule has 0 aliphatic heterocycles. The Hall–Kier alpha value is -2.76. The van der Waals surface area contributed by atoms with Gasteiger partial charge in [0.2, 0.25) is 5.91 Å². The third-order valence-electron chi connectivity index (χ3n) is 6.12. The summed E-state index contributed by atoms with van der Waals surface area (Å²) in [6.45, 7) is 8.90. The molecule has 0 atom stereocenters. The number of carbonyl (C=O) groups excluding carboxylic acids is 1. The molecule has 3 rings (SSSR count). The average Bonchev–Trinajstić information content (AvgIpc) is 3.10. The Morgan fingerprint density at radius 2 is 1.82 bits per heavy atom. The average molecular weight is 383 g/mol. The lowest BCUT2D eigenvalue weighted by atomic mass is 9.62. The van der Waals surface area contributed by atoms with Crippen LogP contribution in [0.2, 0.25) is 0 Å². The Balaban J connectivity index is 1.90. The Morgan fingerprint density at radius 1 is 1.18 bits per heavy atom. The maximum Gasteiger partial charge on any atom is 0.352 e. The molecule has 1 heterocycles. The Morgan fingerprint density at radius 3 is 2.43 bits per heavy atom. The number of anilines is 2. The van der Waals surface area contributed by atoms with E-state index >= 15 is 0 Å². The number of benzene rings is 1. The first-order valence-corrected chi connectivity index (χ1v) is 9.54. The predicted octanol–water partition coefficient (Wildman–Crippen LogP) is 3.85. The molecule has 1 amide bonds. The largest absolute Gasteiger partial charge is 0.477 e. The van der Waals surface area contributed by atoms with Crippen LogP contribution in [0.3, 0.4) is 0 Å². The van der Waals surface area contributed by atoms with E-state index in [1.165, 1.54) is 22.7 Å². The van der Waals surface area contributed by atoms with E-state index in [0.29, 0.717) is 11.4 Å². The first-order valence-electron chi connectivity index (χ1n) is 9.54. The van der Waals surface area contributed by atoms with Gasteiger partial charge in [0.05, 0.1) is 12.1 Å². The molecule has 0 fully saturated rings. The van der Waals surface area contributed by atoms with Crippen molar-refractivity contribution in [3.8, 4) is 0 Å². The molecule has 1 aliphatic carbocycles. The molecular formula is C22H29N3O3. The number of nitrogens with one attached hydrogen (secondary N) is 1. The van der Waals surface area contributed by atoms with E-state index in [0.717, 1.165) is 24.0 Å². The maximum atomic E-state index is 12.8. The van der Waals surface area contributed by atoms with Gasteiger partial charge in [0.1, 0.15) is 5.69 Å². The third-order valence-corrected chi connectivity index (χ3v) is 6.12. The number of carbonyl (C=O) groups is 2. The van der Waals surface area contributed by atoms with Crippen LogP contribution >= 0.6 is 0 Å². The third kappa shape index (κ3) is 3.39. The Bertz CT molecular complexity index is 940. The molecule has 0 unspecified atom stereocenters. The fourth-order valence-electron chi connectivity index (χ4n) is 4.12. The molecular weight excluding hydrogens is 354 g/mol. The van der Waals surface area contributed by atoms with Crippen molar-refractivity contribution in [2.45, 2.75) is 57.8 Å². The summed E-state index contributed by atoms with van der Waals surface area (Å²) in [5.41, 5.74) is 11.1. The molecule has 0 saturated carbocycles. The summed E-state index contributed by atoms with van der Waals surface area (Å²) >= 11 is 0. The molecule has 150 valence electrons. The van der Waals surface area contributed by atoms with E-state index in [9.17, 15) is 9.59 Å². The molecule has 1 aliphatic rings. The number of hydrogen-bond donors (Lipinski definition) is 3. The van der Waals surface area contributed by atoms with E-state index in [1.54, 1.807) is 7.05 Å². The van der Waals surface area contributed by atoms with Crippen molar-refractivity contribution in [1.82, 2.24) is 4.98 Å². The highest BCUT2D eigenvalue weighted by atomic mass is 16.4. The van der Waals surface area contributed by atoms with Crippen molar-refractivity contribution in [3.05, 3.63) is 46.8 Å². The smallest absolute Gasteiger partial charge is 0.352 e. The second-order valence-corrected chi connectivity index (χ2v) is 9.03. The molecule has 0 bridgehead atoms. The zero-order valence-corrected chi connectivity index (χ0v) is 17.2. The summed E-state index contributed by atoms with van der Waals surface area (Å²) in [6, 6.07) is 5.53. The second kappa shape index (κ2) is 6.69. The number of fused-ring (bicyclic) bond motifs is 1. The molecule has 0 radical (unpaired) electrons. The van der Waals surface area contributed by atoms with Crippen LogP contribution in [0.5, 0.6) is 0 Å². The number of nitrogens with zero attached hydrogens (tertiary/aromatic N) is 1. The minimum absolute atomic E-state index is 0.0308. The monoisotopic (exact) mass is 383 g/mol. The molecule has 2 aromatic rings. The van der Waals surface area contributed by atoms with Crippen LogP contribution in [0.1, 0.15) is 67.7 Å². The van der Waals surface area contributed by atoms with Gasteiger partial charge in [-0.1, -0.05) is 39.8 Å². The predicted molar refractivity (Wildman–Crippen MR) is 111 cm³/mol. The highest BCUT2D eigenvalue weighted by Gasteiger charge is 2.39. The van der Waals surface area contributed by atoms with E-state index in [4.69, 9.17) is 10.8 Å². The standard InChI is InChI=1S/C22H29N3O3/c1-21(2)8-9-22(3,4)18-15(21)7-6-13(19(18)23)10-17(26)25(5)14-11-16(20(27)28)24-12-14/h6-7,11-12,24H,8-10,23H2,1-5H3,(H,27,28). The van der Waals surface area contributed by atoms with Crippen LogP contribution in [0.25, 0.3) is 0 Å². The van der Waals surface area contributed by atoms with Gasteiger partial charge in [-0.2, -0.15) is 0 Å². The van der Waals surface area contributed by atoms with Crippen LogP contribution in [0, 0.1) is 0 Å². The first kappa shape index (κ1) is 20.0. The number of carboxylic acids is 1. The van der Waals surface area contributed by atoms with Gasteiger partial charge in [0.15, 0.2) is 0 Å². The van der Waals surface area contributed by atoms with Gasteiger partial charge in [0, 0.05) is 18.9 Å². The van der Waals surface area contributed by atoms with Gasteiger partial charge in [-0.25, -0.2) is 4.79 Å². The van der Waals surface area contributed by atoms with Gasteiger partial charge in [-0.05, 0) is 46.4 Å². The maximum absolute atomic E-state index is 12.8. The van der Waals surface area contributed by atoms with Gasteiger partial charge in [-0.15, -0.1) is 0 Å². The summed E-state index contributed by atoms with van der Waals surface area (Å²) in [5, 5.41) is 9.04. The van der Waals surface area contributed by atoms with E-state index < -0.39 is 5.97 Å². The number of H-pyrrole nitrogens is 1. The SMILES string of the molecule is CN(C(=O)Cc1ccc2c(c1N)C(C)(C)CCC2(C)C)c1c[nH]c(C(=O)O)c1. The zero-order valence-electron chi connectivity index (χ0n) is 17.2. The van der Waals surface area contributed by atoms with Crippen molar-refractivity contribution in [3.63, 3.8) is 0 Å². The molecule has 6 nitrogen and oxygen atoms in total. The lowest BCUT2D eigenvalue weighted by Crippen LogP contribution is -2.35. The number of aromatic carboxylic acids is 1. The van der Waals surface area contributed by atoms with Gasteiger partial charge in [-0.3, -0.25) is 4.79 Å².